The molecule has 2 atom stereocenters. The topological polar surface area (TPSA) is 150 Å². The van der Waals surface area contributed by atoms with Gasteiger partial charge in [-0.3, -0.25) is 0 Å². The summed E-state index contributed by atoms with van der Waals surface area (Å²) >= 11 is 0. The van der Waals surface area contributed by atoms with Crippen LogP contribution in [0.2, 0.25) is 0 Å². The molecule has 2 unspecified atom stereocenters. The highest BCUT2D eigenvalue weighted by Gasteiger charge is 2.34. The number of rotatable bonds is 10. The number of esters is 1. The van der Waals surface area contributed by atoms with Crippen molar-refractivity contribution in [2.75, 3.05) is 32.9 Å². The summed E-state index contributed by atoms with van der Waals surface area (Å²) in [5.41, 5.74) is 1.84. The van der Waals surface area contributed by atoms with Crippen LogP contribution in [0.15, 0.2) is 34.3 Å². The van der Waals surface area contributed by atoms with Crippen LogP contribution in [-0.2, 0) is 28.7 Å². The van der Waals surface area contributed by atoms with Crippen molar-refractivity contribution in [3.63, 3.8) is 0 Å². The third kappa shape index (κ3) is 12.3. The minimum atomic E-state index is -1.04. The van der Waals surface area contributed by atoms with E-state index in [9.17, 15) is 25.0 Å². The molecule has 1 aliphatic carbocycles. The molecule has 2 rings (SSSR count). The van der Waals surface area contributed by atoms with Crippen molar-refractivity contribution in [2.24, 2.45) is 0 Å². The van der Waals surface area contributed by atoms with Gasteiger partial charge in [0.25, 0.3) is 10.2 Å². The summed E-state index contributed by atoms with van der Waals surface area (Å²) in [5.74, 6) is -0.277. The quantitative estimate of drug-likeness (QED) is 0.132. The predicted molar refractivity (Wildman–Crippen MR) is 129 cm³/mol. The van der Waals surface area contributed by atoms with Crippen LogP contribution in [0, 0.1) is 20.2 Å². The summed E-state index contributed by atoms with van der Waals surface area (Å²) in [7, 11) is 2.94. The van der Waals surface area contributed by atoms with Gasteiger partial charge in [0.1, 0.15) is 24.4 Å². The van der Waals surface area contributed by atoms with Gasteiger partial charge in [-0.25, -0.2) is 4.79 Å². The normalized spacial score (nSPS) is 19.9. The summed E-state index contributed by atoms with van der Waals surface area (Å²) < 4.78 is 16.1. The number of hydrogen-bond donors (Lipinski definition) is 0. The summed E-state index contributed by atoms with van der Waals surface area (Å²) in [6.45, 7) is 10.0. The maximum Gasteiger partial charge on any atom is 0.345 e. The van der Waals surface area contributed by atoms with Gasteiger partial charge in [-0.2, -0.15) is 0 Å². The number of carbonyl (C=O) groups is 1. The van der Waals surface area contributed by atoms with E-state index < -0.39 is 22.9 Å². The molecule has 0 amide bonds. The molecule has 0 aromatic rings. The fourth-order valence-corrected chi connectivity index (χ4v) is 3.91. The lowest BCUT2D eigenvalue weighted by atomic mass is 9.85. The first-order chi connectivity index (χ1) is 16.1. The van der Waals surface area contributed by atoms with Crippen molar-refractivity contribution in [2.45, 2.75) is 52.7 Å². The van der Waals surface area contributed by atoms with Crippen molar-refractivity contribution in [3.05, 3.63) is 54.5 Å². The van der Waals surface area contributed by atoms with Gasteiger partial charge in [-0.05, 0) is 50.7 Å². The third-order valence-corrected chi connectivity index (χ3v) is 5.76. The average Bonchev–Trinajstić information content (AvgIpc) is 2.79. The Morgan fingerprint density at radius 3 is 2.56 bits per heavy atom. The SMILES string of the molecule is CC.CC(CO[N+](=O)[O-])O[N+](=O)[O-].CCOC(=O)/C(=C/C1=CCC2(C)OCOCC2=C1)SSC. The van der Waals surface area contributed by atoms with Crippen LogP contribution < -0.4 is 0 Å². The van der Waals surface area contributed by atoms with Gasteiger partial charge < -0.3 is 23.9 Å². The van der Waals surface area contributed by atoms with Crippen LogP contribution in [-0.4, -0.2) is 60.7 Å². The van der Waals surface area contributed by atoms with Gasteiger partial charge in [0.2, 0.25) is 0 Å². The molecule has 1 aliphatic heterocycles. The second-order valence-electron chi connectivity index (χ2n) is 6.56. The van der Waals surface area contributed by atoms with Gasteiger partial charge >= 0.3 is 5.97 Å². The summed E-state index contributed by atoms with van der Waals surface area (Å²) in [6.07, 6.45) is 7.80. The smallest absolute Gasteiger partial charge is 0.345 e. The van der Waals surface area contributed by atoms with Gasteiger partial charge in [-0.1, -0.05) is 47.6 Å². The molecule has 194 valence electrons. The molecule has 12 nitrogen and oxygen atoms in total. The molecule has 1 fully saturated rings. The van der Waals surface area contributed by atoms with Crippen molar-refractivity contribution >= 4 is 27.6 Å². The highest BCUT2D eigenvalue weighted by atomic mass is 33.1. The molecular weight excluding hydrogens is 492 g/mol. The summed E-state index contributed by atoms with van der Waals surface area (Å²) in [4.78, 5) is 39.4. The van der Waals surface area contributed by atoms with Gasteiger partial charge in [0, 0.05) is 0 Å². The molecule has 0 bridgehead atoms. The number of ether oxygens (including phenoxy) is 3. The van der Waals surface area contributed by atoms with Gasteiger partial charge in [0.05, 0.1) is 18.8 Å². The summed E-state index contributed by atoms with van der Waals surface area (Å²) in [6, 6.07) is 0. The zero-order chi connectivity index (χ0) is 26.1. The maximum absolute atomic E-state index is 11.9. The molecule has 14 heteroatoms. The van der Waals surface area contributed by atoms with E-state index in [0.29, 0.717) is 24.9 Å². The van der Waals surface area contributed by atoms with E-state index in [2.05, 4.69) is 22.7 Å². The largest absolute Gasteiger partial charge is 0.462 e. The number of nitrogens with zero attached hydrogens (tertiary/aromatic N) is 2. The van der Waals surface area contributed by atoms with E-state index in [0.717, 1.165) is 17.6 Å². The van der Waals surface area contributed by atoms with Crippen molar-refractivity contribution in [3.8, 4) is 0 Å². The molecule has 0 saturated carbocycles. The maximum atomic E-state index is 11.9. The zero-order valence-corrected chi connectivity index (χ0v) is 21.8. The first-order valence-corrected chi connectivity index (χ1v) is 13.0. The lowest BCUT2D eigenvalue weighted by Gasteiger charge is -2.37. The molecule has 0 aromatic carbocycles. The van der Waals surface area contributed by atoms with Crippen molar-refractivity contribution in [1.82, 2.24) is 0 Å². The van der Waals surface area contributed by atoms with E-state index in [4.69, 9.17) is 14.2 Å². The van der Waals surface area contributed by atoms with Gasteiger partial charge in [0.15, 0.2) is 0 Å². The highest BCUT2D eigenvalue weighted by Crippen LogP contribution is 2.36. The minimum absolute atomic E-state index is 0.271. The molecule has 0 aromatic heterocycles. The number of hydrogen-bond acceptors (Lipinski definition) is 12. The van der Waals surface area contributed by atoms with E-state index in [-0.39, 0.29) is 11.6 Å². The Bertz CT molecular complexity index is 772. The van der Waals surface area contributed by atoms with E-state index >= 15 is 0 Å². The molecule has 0 spiro atoms. The lowest BCUT2D eigenvalue weighted by molar-refractivity contribution is -0.789. The fourth-order valence-electron chi connectivity index (χ4n) is 2.53. The zero-order valence-electron chi connectivity index (χ0n) is 20.1. The number of carbonyl (C=O) groups excluding carboxylic acids is 1. The summed E-state index contributed by atoms with van der Waals surface area (Å²) in [5, 5.41) is 17.1. The molecule has 34 heavy (non-hydrogen) atoms. The molecule has 0 N–H and O–H groups in total. The van der Waals surface area contributed by atoms with Crippen molar-refractivity contribution < 1.29 is 38.9 Å². The van der Waals surface area contributed by atoms with Gasteiger partial charge in [-0.15, -0.1) is 20.2 Å². The highest BCUT2D eigenvalue weighted by molar-refractivity contribution is 8.78. The van der Waals surface area contributed by atoms with E-state index in [1.54, 1.807) is 0 Å². The Kier molecular flexibility index (Phi) is 16.0. The Labute approximate surface area is 206 Å². The van der Waals surface area contributed by atoms with Crippen LogP contribution in [0.5, 0.6) is 0 Å². The number of allylic oxidation sites excluding steroid dienone is 3. The van der Waals surface area contributed by atoms with Crippen LogP contribution in [0.25, 0.3) is 0 Å². The first-order valence-electron chi connectivity index (χ1n) is 10.4. The van der Waals surface area contributed by atoms with E-state index in [1.807, 2.05) is 39.2 Å². The Balaban J connectivity index is 0.000000712. The lowest BCUT2D eigenvalue weighted by Crippen LogP contribution is -2.39. The second kappa shape index (κ2) is 17.2. The van der Waals surface area contributed by atoms with Crippen LogP contribution in [0.4, 0.5) is 0 Å². The third-order valence-electron chi connectivity index (χ3n) is 4.09. The Morgan fingerprint density at radius 1 is 1.32 bits per heavy atom. The number of fused-ring (bicyclic) bond motifs is 1. The molecule has 2 aliphatic rings. The second-order valence-corrected chi connectivity index (χ2v) is 9.00. The Hall–Kier alpha value is -2.29. The van der Waals surface area contributed by atoms with E-state index in [1.165, 1.54) is 28.5 Å². The average molecular weight is 525 g/mol. The Morgan fingerprint density at radius 2 is 2.00 bits per heavy atom. The molecule has 0 radical (unpaired) electrons. The molecule has 1 saturated heterocycles. The van der Waals surface area contributed by atoms with Crippen LogP contribution in [0.3, 0.4) is 0 Å². The van der Waals surface area contributed by atoms with Crippen LogP contribution >= 0.6 is 21.6 Å². The van der Waals surface area contributed by atoms with Crippen LogP contribution in [0.1, 0.15) is 41.0 Å². The predicted octanol–water partition coefficient (Wildman–Crippen LogP) is 4.28. The molecule has 1 heterocycles. The molecular formula is C20H32N2O10S2. The van der Waals surface area contributed by atoms with Crippen molar-refractivity contribution in [1.29, 1.82) is 0 Å². The fraction of sp³-hybridized carbons (Fsp3) is 0.650. The monoisotopic (exact) mass is 524 g/mol. The minimum Gasteiger partial charge on any atom is -0.462 e. The first kappa shape index (κ1) is 31.7. The standard InChI is InChI=1S/C15H20O4S2.C3H6N2O6.C2H6/c1-4-18-14(16)13(21-20-3)8-11-5-6-15(2)12(7-11)9-17-10-19-15;1-3(11-5(8)9)2-10-4(6)7;1-2/h5,7-8H,4,6,9-10H2,1-3H3;3H,2H2,1H3;1-2H3/b13-8-;;.